The number of anilines is 2. The van der Waals surface area contributed by atoms with Crippen molar-refractivity contribution in [2.75, 3.05) is 49.2 Å². The van der Waals surface area contributed by atoms with Gasteiger partial charge in [0.1, 0.15) is 5.82 Å². The number of morpholine rings is 1. The Balaban J connectivity index is 1.52. The van der Waals surface area contributed by atoms with Crippen LogP contribution in [0, 0.1) is 0 Å². The van der Waals surface area contributed by atoms with Gasteiger partial charge < -0.3 is 20.3 Å². The molecular weight excluding hydrogens is 384 g/mol. The number of rotatable bonds is 3. The SMILES string of the molecule is NC(=O)c1cccnc1N1CCCC2(CCc3c2nc(N2CCOCC2)[nH]c3=O)C1. The number of piperidine rings is 1. The predicted octanol–water partition coefficient (Wildman–Crippen LogP) is 0.585. The van der Waals surface area contributed by atoms with Crippen molar-refractivity contribution >= 4 is 17.7 Å². The minimum absolute atomic E-state index is 0.0360. The molecule has 0 radical (unpaired) electrons. The molecule has 9 nitrogen and oxygen atoms in total. The van der Waals surface area contributed by atoms with Gasteiger partial charge in [-0.15, -0.1) is 0 Å². The Morgan fingerprint density at radius 2 is 2.03 bits per heavy atom. The van der Waals surface area contributed by atoms with Gasteiger partial charge in [0.25, 0.3) is 11.5 Å². The van der Waals surface area contributed by atoms with E-state index in [1.165, 1.54) is 0 Å². The van der Waals surface area contributed by atoms with Crippen LogP contribution < -0.4 is 21.1 Å². The zero-order chi connectivity index (χ0) is 20.7. The topological polar surface area (TPSA) is 117 Å². The van der Waals surface area contributed by atoms with E-state index in [-0.39, 0.29) is 11.0 Å². The van der Waals surface area contributed by atoms with Crippen molar-refractivity contribution in [2.45, 2.75) is 31.1 Å². The maximum absolute atomic E-state index is 12.9. The van der Waals surface area contributed by atoms with E-state index in [0.717, 1.165) is 56.6 Å². The summed E-state index contributed by atoms with van der Waals surface area (Å²) in [5.41, 5.74) is 7.48. The van der Waals surface area contributed by atoms with Crippen LogP contribution in [0.4, 0.5) is 11.8 Å². The van der Waals surface area contributed by atoms with Crippen LogP contribution in [0.25, 0.3) is 0 Å². The normalized spacial score (nSPS) is 23.6. The standard InChI is InChI=1S/C21H26N6O3/c22-17(28)15-3-1-7-23-18(15)27-8-2-5-21(13-27)6-4-14-16(21)24-20(25-19(14)29)26-9-11-30-12-10-26/h1,3,7H,2,4-6,8-13H2,(H2,22,28)(H,24,25,29). The third-order valence-corrected chi connectivity index (χ3v) is 6.60. The second-order valence-corrected chi connectivity index (χ2v) is 8.36. The maximum Gasteiger partial charge on any atom is 0.255 e. The average Bonchev–Trinajstić information content (AvgIpc) is 3.12. The number of carbonyl (C=O) groups is 1. The van der Waals surface area contributed by atoms with Crippen molar-refractivity contribution in [3.05, 3.63) is 45.5 Å². The van der Waals surface area contributed by atoms with E-state index in [1.54, 1.807) is 18.3 Å². The molecule has 3 aliphatic rings. The van der Waals surface area contributed by atoms with Crippen LogP contribution in [0.3, 0.4) is 0 Å². The third-order valence-electron chi connectivity index (χ3n) is 6.60. The fraction of sp³-hybridized carbons (Fsp3) is 0.524. The summed E-state index contributed by atoms with van der Waals surface area (Å²) in [5, 5.41) is 0. The highest BCUT2D eigenvalue weighted by molar-refractivity contribution is 5.97. The predicted molar refractivity (Wildman–Crippen MR) is 112 cm³/mol. The molecule has 2 aromatic rings. The van der Waals surface area contributed by atoms with Gasteiger partial charge in [-0.25, -0.2) is 9.97 Å². The number of hydrogen-bond donors (Lipinski definition) is 2. The minimum Gasteiger partial charge on any atom is -0.378 e. The summed E-state index contributed by atoms with van der Waals surface area (Å²) in [6.45, 7) is 4.18. The molecule has 2 aromatic heterocycles. The number of aromatic nitrogens is 3. The van der Waals surface area contributed by atoms with Gasteiger partial charge >= 0.3 is 0 Å². The number of nitrogens with two attached hydrogens (primary N) is 1. The molecule has 3 N–H and O–H groups in total. The number of aromatic amines is 1. The van der Waals surface area contributed by atoms with Gasteiger partial charge in [0.05, 0.1) is 24.5 Å². The lowest BCUT2D eigenvalue weighted by Crippen LogP contribution is -2.47. The number of pyridine rings is 1. The first-order chi connectivity index (χ1) is 14.6. The first-order valence-electron chi connectivity index (χ1n) is 10.5. The molecule has 1 aliphatic carbocycles. The number of ether oxygens (including phenoxy) is 1. The van der Waals surface area contributed by atoms with Crippen molar-refractivity contribution in [2.24, 2.45) is 5.73 Å². The van der Waals surface area contributed by atoms with E-state index in [9.17, 15) is 9.59 Å². The van der Waals surface area contributed by atoms with Crippen LogP contribution >= 0.6 is 0 Å². The highest BCUT2D eigenvalue weighted by atomic mass is 16.5. The zero-order valence-electron chi connectivity index (χ0n) is 16.9. The van der Waals surface area contributed by atoms with Crippen LogP contribution in [-0.4, -0.2) is 60.3 Å². The second kappa shape index (κ2) is 7.39. The summed E-state index contributed by atoms with van der Waals surface area (Å²) >= 11 is 0. The summed E-state index contributed by atoms with van der Waals surface area (Å²) in [4.78, 5) is 41.4. The maximum atomic E-state index is 12.9. The van der Waals surface area contributed by atoms with Gasteiger partial charge in [0.2, 0.25) is 5.95 Å². The number of nitrogens with zero attached hydrogens (tertiary/aromatic N) is 4. The number of amides is 1. The van der Waals surface area contributed by atoms with E-state index in [0.29, 0.717) is 37.1 Å². The molecule has 9 heteroatoms. The smallest absolute Gasteiger partial charge is 0.255 e. The Morgan fingerprint density at radius 1 is 1.20 bits per heavy atom. The molecule has 2 fully saturated rings. The lowest BCUT2D eigenvalue weighted by molar-refractivity contribution is 0.1000. The Hall–Kier alpha value is -2.94. The molecule has 1 amide bonds. The van der Waals surface area contributed by atoms with Crippen molar-refractivity contribution in [3.8, 4) is 0 Å². The van der Waals surface area contributed by atoms with Gasteiger partial charge in [-0.2, -0.15) is 0 Å². The number of fused-ring (bicyclic) bond motifs is 2. The van der Waals surface area contributed by atoms with Gasteiger partial charge in [-0.3, -0.25) is 14.6 Å². The lowest BCUT2D eigenvalue weighted by Gasteiger charge is -2.41. The molecule has 1 atom stereocenters. The monoisotopic (exact) mass is 410 g/mol. The summed E-state index contributed by atoms with van der Waals surface area (Å²) < 4.78 is 5.43. The van der Waals surface area contributed by atoms with E-state index < -0.39 is 5.91 Å². The molecule has 2 saturated heterocycles. The fourth-order valence-corrected chi connectivity index (χ4v) is 5.12. The van der Waals surface area contributed by atoms with Crippen LogP contribution in [0.2, 0.25) is 0 Å². The zero-order valence-corrected chi connectivity index (χ0v) is 16.9. The van der Waals surface area contributed by atoms with Crippen molar-refractivity contribution in [1.82, 2.24) is 15.0 Å². The van der Waals surface area contributed by atoms with Crippen molar-refractivity contribution in [3.63, 3.8) is 0 Å². The number of H-pyrrole nitrogens is 1. The molecule has 30 heavy (non-hydrogen) atoms. The molecule has 2 aliphatic heterocycles. The van der Waals surface area contributed by atoms with Crippen LogP contribution in [-0.2, 0) is 16.6 Å². The van der Waals surface area contributed by atoms with Gasteiger partial charge in [0.15, 0.2) is 0 Å². The molecule has 5 rings (SSSR count). The summed E-state index contributed by atoms with van der Waals surface area (Å²) in [7, 11) is 0. The van der Waals surface area contributed by atoms with Crippen LogP contribution in [0.15, 0.2) is 23.1 Å². The Kier molecular flexibility index (Phi) is 4.69. The highest BCUT2D eigenvalue weighted by Gasteiger charge is 2.45. The largest absolute Gasteiger partial charge is 0.378 e. The second-order valence-electron chi connectivity index (χ2n) is 8.36. The number of hydrogen-bond acceptors (Lipinski definition) is 7. The van der Waals surface area contributed by atoms with E-state index in [4.69, 9.17) is 15.5 Å². The molecule has 158 valence electrons. The third kappa shape index (κ3) is 3.13. The van der Waals surface area contributed by atoms with E-state index >= 15 is 0 Å². The van der Waals surface area contributed by atoms with Crippen molar-refractivity contribution < 1.29 is 9.53 Å². The summed E-state index contributed by atoms with van der Waals surface area (Å²) in [5.74, 6) is 0.778. The van der Waals surface area contributed by atoms with Crippen molar-refractivity contribution in [1.29, 1.82) is 0 Å². The summed E-state index contributed by atoms with van der Waals surface area (Å²) in [6.07, 6.45) is 5.19. The summed E-state index contributed by atoms with van der Waals surface area (Å²) in [6, 6.07) is 3.44. The Bertz CT molecular complexity index is 1030. The quantitative estimate of drug-likeness (QED) is 0.760. The minimum atomic E-state index is -0.478. The van der Waals surface area contributed by atoms with Gasteiger partial charge in [-0.05, 0) is 37.8 Å². The number of primary amides is 1. The highest BCUT2D eigenvalue weighted by Crippen LogP contribution is 2.44. The number of nitrogens with one attached hydrogen (secondary N) is 1. The molecule has 1 unspecified atom stereocenters. The molecule has 4 heterocycles. The van der Waals surface area contributed by atoms with Gasteiger partial charge in [0, 0.05) is 43.4 Å². The first-order valence-corrected chi connectivity index (χ1v) is 10.5. The molecular formula is C21H26N6O3. The average molecular weight is 410 g/mol. The molecule has 1 spiro atoms. The lowest BCUT2D eigenvalue weighted by atomic mass is 9.77. The van der Waals surface area contributed by atoms with E-state index in [2.05, 4.69) is 19.8 Å². The molecule has 0 bridgehead atoms. The molecule has 0 aromatic carbocycles. The van der Waals surface area contributed by atoms with Gasteiger partial charge in [-0.1, -0.05) is 0 Å². The fourth-order valence-electron chi connectivity index (χ4n) is 5.12. The number of carbonyl (C=O) groups excluding carboxylic acids is 1. The van der Waals surface area contributed by atoms with Crippen LogP contribution in [0.5, 0.6) is 0 Å². The van der Waals surface area contributed by atoms with Crippen LogP contribution in [0.1, 0.15) is 40.9 Å². The first kappa shape index (κ1) is 19.0. The Morgan fingerprint density at radius 3 is 2.83 bits per heavy atom. The Labute approximate surface area is 174 Å². The van der Waals surface area contributed by atoms with E-state index in [1.807, 2.05) is 0 Å². The molecule has 0 saturated carbocycles.